The summed E-state index contributed by atoms with van der Waals surface area (Å²) in [6.07, 6.45) is 39.5. The van der Waals surface area contributed by atoms with Crippen molar-refractivity contribution in [3.8, 4) is 0 Å². The molecular weight excluding hydrogens is 628 g/mol. The molecule has 0 bridgehead atoms. The number of rotatable bonds is 37. The van der Waals surface area contributed by atoms with Gasteiger partial charge >= 0.3 is 11.9 Å². The summed E-state index contributed by atoms with van der Waals surface area (Å²) in [5.74, 6) is -0.870. The van der Waals surface area contributed by atoms with Crippen molar-refractivity contribution in [3.05, 3.63) is 36.5 Å². The Morgan fingerprint density at radius 2 is 1.00 bits per heavy atom. The first-order valence-corrected chi connectivity index (χ1v) is 20.7. The highest BCUT2D eigenvalue weighted by molar-refractivity contribution is 5.70. The molecule has 0 aromatic heterocycles. The van der Waals surface area contributed by atoms with Gasteiger partial charge in [0, 0.05) is 12.8 Å². The number of unbranched alkanes of at least 4 members (excludes halogenated alkanes) is 19. The van der Waals surface area contributed by atoms with Crippen molar-refractivity contribution in [2.45, 2.75) is 212 Å². The maximum absolute atomic E-state index is 12.2. The van der Waals surface area contributed by atoms with Gasteiger partial charge in [-0.25, -0.2) is 0 Å². The molecule has 7 nitrogen and oxygen atoms in total. The van der Waals surface area contributed by atoms with Gasteiger partial charge in [-0.3, -0.25) is 9.59 Å². The maximum atomic E-state index is 12.2. The molecule has 0 radical (unpaired) electrons. The summed E-state index contributed by atoms with van der Waals surface area (Å²) in [5.41, 5.74) is 0. The van der Waals surface area contributed by atoms with Crippen molar-refractivity contribution in [2.75, 3.05) is 13.2 Å². The molecule has 0 aliphatic heterocycles. The van der Waals surface area contributed by atoms with Gasteiger partial charge in [0.2, 0.25) is 0 Å². The summed E-state index contributed by atoms with van der Waals surface area (Å²) >= 11 is 0. The first-order chi connectivity index (χ1) is 24.4. The molecule has 0 aromatic carbocycles. The summed E-state index contributed by atoms with van der Waals surface area (Å²) in [4.78, 5) is 24.3. The molecule has 0 saturated carbocycles. The average molecular weight is 707 g/mol. The molecule has 0 aliphatic carbocycles. The van der Waals surface area contributed by atoms with Crippen molar-refractivity contribution in [2.24, 2.45) is 0 Å². The number of hydrogen-bond acceptors (Lipinski definition) is 7. The van der Waals surface area contributed by atoms with E-state index in [1.807, 2.05) is 12.2 Å². The van der Waals surface area contributed by atoms with E-state index in [0.29, 0.717) is 19.3 Å². The minimum Gasteiger partial charge on any atom is -0.462 e. The minimum atomic E-state index is -0.940. The number of esters is 2. The zero-order valence-corrected chi connectivity index (χ0v) is 32.4. The normalized spacial score (nSPS) is 13.8. The van der Waals surface area contributed by atoms with Crippen LogP contribution in [0.25, 0.3) is 0 Å². The van der Waals surface area contributed by atoms with E-state index in [-0.39, 0.29) is 25.4 Å². The molecule has 3 N–H and O–H groups in total. The lowest BCUT2D eigenvalue weighted by Gasteiger charge is -2.17. The first kappa shape index (κ1) is 48.0. The standard InChI is InChI=1S/C43H78O7/c1-3-5-7-9-11-13-15-17-18-19-20-21-23-25-27-29-31-35-42(47)49-38-39(37-44)50-43(48)36-32-34-41(46)40(45)33-30-28-26-24-22-16-14-12-10-8-6-4-2/h12,14,22,24,28,30,39-41,44-46H,3-11,13,15-21,23,25-27,29,31-38H2,1-2H3/b14-12-,24-22-,30-28-/t39-,40?,41?/m0/s1. The third-order valence-corrected chi connectivity index (χ3v) is 9.14. The lowest BCUT2D eigenvalue weighted by molar-refractivity contribution is -0.161. The molecule has 0 amide bonds. The SMILES string of the molecule is CCCCC/C=C\C/C=C\C/C=C\CC(O)C(O)CCCC(=O)O[C@@H](CO)COC(=O)CCCCCCCCCCCCCCCCCCC. The molecule has 0 spiro atoms. The molecule has 2 unspecified atom stereocenters. The van der Waals surface area contributed by atoms with Crippen molar-refractivity contribution >= 4 is 11.9 Å². The van der Waals surface area contributed by atoms with Gasteiger partial charge in [-0.15, -0.1) is 0 Å². The smallest absolute Gasteiger partial charge is 0.306 e. The summed E-state index contributed by atoms with van der Waals surface area (Å²) < 4.78 is 10.5. The highest BCUT2D eigenvalue weighted by atomic mass is 16.6. The van der Waals surface area contributed by atoms with Crippen molar-refractivity contribution in [1.82, 2.24) is 0 Å². The number of allylic oxidation sites excluding steroid dienone is 5. The summed E-state index contributed by atoms with van der Waals surface area (Å²) in [6.45, 7) is 3.87. The lowest BCUT2D eigenvalue weighted by Crippen LogP contribution is -2.29. The molecule has 0 fully saturated rings. The van der Waals surface area contributed by atoms with Gasteiger partial charge < -0.3 is 24.8 Å². The van der Waals surface area contributed by atoms with Crippen LogP contribution in [0.3, 0.4) is 0 Å². The number of aliphatic hydroxyl groups excluding tert-OH is 3. The molecule has 0 saturated heterocycles. The first-order valence-electron chi connectivity index (χ1n) is 20.7. The second kappa shape index (κ2) is 38.3. The van der Waals surface area contributed by atoms with Crippen LogP contribution in [0.5, 0.6) is 0 Å². The van der Waals surface area contributed by atoms with Crippen molar-refractivity contribution in [3.63, 3.8) is 0 Å². The van der Waals surface area contributed by atoms with Crippen LogP contribution in [0.15, 0.2) is 36.5 Å². The Labute approximate surface area is 307 Å². The van der Waals surface area contributed by atoms with E-state index >= 15 is 0 Å². The Bertz CT molecular complexity index is 837. The van der Waals surface area contributed by atoms with Gasteiger partial charge in [0.15, 0.2) is 6.10 Å². The van der Waals surface area contributed by atoms with E-state index in [0.717, 1.165) is 38.5 Å². The van der Waals surface area contributed by atoms with Crippen LogP contribution in [0.4, 0.5) is 0 Å². The van der Waals surface area contributed by atoms with Gasteiger partial charge in [0.1, 0.15) is 6.61 Å². The van der Waals surface area contributed by atoms with E-state index in [9.17, 15) is 24.9 Å². The molecule has 0 heterocycles. The fraction of sp³-hybridized carbons (Fsp3) is 0.814. The Balaban J connectivity index is 3.77. The van der Waals surface area contributed by atoms with Gasteiger partial charge in [0.05, 0.1) is 18.8 Å². The third kappa shape index (κ3) is 34.5. The zero-order valence-electron chi connectivity index (χ0n) is 32.4. The molecule has 292 valence electrons. The van der Waals surface area contributed by atoms with Crippen LogP contribution in [0, 0.1) is 0 Å². The molecular formula is C43H78O7. The van der Waals surface area contributed by atoms with Crippen LogP contribution in [-0.2, 0) is 19.1 Å². The van der Waals surface area contributed by atoms with E-state index < -0.39 is 30.9 Å². The molecule has 7 heteroatoms. The van der Waals surface area contributed by atoms with Crippen molar-refractivity contribution in [1.29, 1.82) is 0 Å². The number of hydrogen-bond donors (Lipinski definition) is 3. The topological polar surface area (TPSA) is 113 Å². The lowest BCUT2D eigenvalue weighted by atomic mass is 10.0. The highest BCUT2D eigenvalue weighted by Crippen LogP contribution is 2.15. The fourth-order valence-corrected chi connectivity index (χ4v) is 5.83. The highest BCUT2D eigenvalue weighted by Gasteiger charge is 2.18. The van der Waals surface area contributed by atoms with E-state index in [4.69, 9.17) is 9.47 Å². The van der Waals surface area contributed by atoms with E-state index in [1.165, 1.54) is 109 Å². The van der Waals surface area contributed by atoms with E-state index in [1.54, 1.807) is 0 Å². The quantitative estimate of drug-likeness (QED) is 0.0335. The number of aliphatic hydroxyl groups is 3. The molecule has 3 atom stereocenters. The Morgan fingerprint density at radius 3 is 1.54 bits per heavy atom. The van der Waals surface area contributed by atoms with Crippen LogP contribution in [-0.4, -0.2) is 58.8 Å². The van der Waals surface area contributed by atoms with E-state index in [2.05, 4.69) is 38.2 Å². The molecule has 50 heavy (non-hydrogen) atoms. The monoisotopic (exact) mass is 707 g/mol. The Kier molecular flexibility index (Phi) is 36.8. The predicted octanol–water partition coefficient (Wildman–Crippen LogP) is 10.8. The average Bonchev–Trinajstić information content (AvgIpc) is 3.11. The second-order valence-corrected chi connectivity index (χ2v) is 14.0. The maximum Gasteiger partial charge on any atom is 0.306 e. The van der Waals surface area contributed by atoms with Crippen molar-refractivity contribution < 1.29 is 34.4 Å². The van der Waals surface area contributed by atoms with Crippen LogP contribution in [0.2, 0.25) is 0 Å². The number of carbonyl (C=O) groups excluding carboxylic acids is 2. The molecule has 0 rings (SSSR count). The van der Waals surface area contributed by atoms with Crippen LogP contribution in [0.1, 0.15) is 194 Å². The van der Waals surface area contributed by atoms with Gasteiger partial charge in [-0.2, -0.15) is 0 Å². The molecule has 0 aliphatic rings. The van der Waals surface area contributed by atoms with Gasteiger partial charge in [-0.05, 0) is 51.4 Å². The second-order valence-electron chi connectivity index (χ2n) is 14.0. The summed E-state index contributed by atoms with van der Waals surface area (Å²) in [7, 11) is 0. The zero-order chi connectivity index (χ0) is 36.8. The van der Waals surface area contributed by atoms with Crippen LogP contribution >= 0.6 is 0 Å². The predicted molar refractivity (Wildman–Crippen MR) is 208 cm³/mol. The number of carbonyl (C=O) groups is 2. The Hall–Kier alpha value is -1.96. The largest absolute Gasteiger partial charge is 0.462 e. The summed E-state index contributed by atoms with van der Waals surface area (Å²) in [5, 5.41) is 30.0. The number of ether oxygens (including phenoxy) is 2. The fourth-order valence-electron chi connectivity index (χ4n) is 5.83. The van der Waals surface area contributed by atoms with Gasteiger partial charge in [-0.1, -0.05) is 166 Å². The van der Waals surface area contributed by atoms with Gasteiger partial charge in [0.25, 0.3) is 0 Å². The summed E-state index contributed by atoms with van der Waals surface area (Å²) in [6, 6.07) is 0. The third-order valence-electron chi connectivity index (χ3n) is 9.14. The minimum absolute atomic E-state index is 0.0428. The van der Waals surface area contributed by atoms with Crippen LogP contribution < -0.4 is 0 Å². The Morgan fingerprint density at radius 1 is 0.540 bits per heavy atom. The molecule has 0 aromatic rings.